The summed E-state index contributed by atoms with van der Waals surface area (Å²) in [5.41, 5.74) is 0.335. The van der Waals surface area contributed by atoms with Crippen LogP contribution in [-0.2, 0) is 4.74 Å². The molecule has 0 amide bonds. The van der Waals surface area contributed by atoms with Gasteiger partial charge in [0.25, 0.3) is 0 Å². The molecule has 2 fully saturated rings. The average Bonchev–Trinajstić information content (AvgIpc) is 2.98. The molecule has 0 radical (unpaired) electrons. The van der Waals surface area contributed by atoms with Gasteiger partial charge >= 0.3 is 0 Å². The zero-order valence-corrected chi connectivity index (χ0v) is 14.0. The number of likely N-dealkylation sites (N-methyl/N-ethyl adjacent to an activating group) is 1. The number of hydrogen-bond donors (Lipinski definition) is 1. The van der Waals surface area contributed by atoms with Crippen molar-refractivity contribution in [1.29, 1.82) is 0 Å². The van der Waals surface area contributed by atoms with E-state index in [1.807, 2.05) is 0 Å². The SMILES string of the molecule is CCOC1CC(NCCN(C)C2CCCC2)C1(C)CC. The Balaban J connectivity index is 1.69. The van der Waals surface area contributed by atoms with Gasteiger partial charge in [-0.2, -0.15) is 0 Å². The first-order valence-corrected chi connectivity index (χ1v) is 8.67. The maximum absolute atomic E-state index is 5.87. The Hall–Kier alpha value is -0.120. The van der Waals surface area contributed by atoms with E-state index in [0.29, 0.717) is 17.6 Å². The molecular weight excluding hydrogens is 248 g/mol. The van der Waals surface area contributed by atoms with Gasteiger partial charge in [0.15, 0.2) is 0 Å². The van der Waals surface area contributed by atoms with Crippen molar-refractivity contribution in [3.63, 3.8) is 0 Å². The summed E-state index contributed by atoms with van der Waals surface area (Å²) < 4.78 is 5.87. The minimum absolute atomic E-state index is 0.335. The minimum atomic E-state index is 0.335. The van der Waals surface area contributed by atoms with Crippen LogP contribution in [0.2, 0.25) is 0 Å². The van der Waals surface area contributed by atoms with Gasteiger partial charge in [-0.05, 0) is 39.7 Å². The lowest BCUT2D eigenvalue weighted by Crippen LogP contribution is -2.62. The molecule has 2 aliphatic carbocycles. The van der Waals surface area contributed by atoms with E-state index < -0.39 is 0 Å². The molecule has 0 aromatic carbocycles. The van der Waals surface area contributed by atoms with E-state index in [2.05, 4.69) is 38.0 Å². The molecule has 0 heterocycles. The van der Waals surface area contributed by atoms with Crippen molar-refractivity contribution in [2.75, 3.05) is 26.7 Å². The third-order valence-corrected chi connectivity index (χ3v) is 5.91. The fourth-order valence-electron chi connectivity index (χ4n) is 4.01. The highest BCUT2D eigenvalue weighted by Gasteiger charge is 2.50. The predicted octanol–water partition coefficient (Wildman–Crippen LogP) is 3.04. The van der Waals surface area contributed by atoms with Crippen LogP contribution in [0.1, 0.15) is 59.3 Å². The Bertz CT molecular complexity index is 291. The Morgan fingerprint density at radius 2 is 1.95 bits per heavy atom. The van der Waals surface area contributed by atoms with Gasteiger partial charge in [-0.3, -0.25) is 0 Å². The largest absolute Gasteiger partial charge is 0.378 e. The molecule has 3 heteroatoms. The standard InChI is InChI=1S/C17H34N2O/c1-5-17(3)15(13-16(17)20-6-2)18-11-12-19(4)14-9-7-8-10-14/h14-16,18H,5-13H2,1-4H3. The summed E-state index contributed by atoms with van der Waals surface area (Å²) in [6.45, 7) is 9.93. The van der Waals surface area contributed by atoms with Crippen molar-refractivity contribution < 1.29 is 4.74 Å². The molecule has 2 aliphatic rings. The Kier molecular flexibility index (Phi) is 5.88. The normalized spacial score (nSPS) is 34.6. The summed E-state index contributed by atoms with van der Waals surface area (Å²) in [7, 11) is 2.29. The van der Waals surface area contributed by atoms with Crippen LogP contribution in [0.4, 0.5) is 0 Å². The summed E-state index contributed by atoms with van der Waals surface area (Å²) in [6.07, 6.45) is 8.50. The smallest absolute Gasteiger partial charge is 0.0658 e. The molecule has 0 aliphatic heterocycles. The van der Waals surface area contributed by atoms with Gasteiger partial charge in [-0.15, -0.1) is 0 Å². The van der Waals surface area contributed by atoms with Gasteiger partial charge in [0, 0.05) is 37.2 Å². The van der Waals surface area contributed by atoms with Gasteiger partial charge < -0.3 is 15.0 Å². The molecule has 3 nitrogen and oxygen atoms in total. The third kappa shape index (κ3) is 3.37. The number of hydrogen-bond acceptors (Lipinski definition) is 3. The van der Waals surface area contributed by atoms with Crippen LogP contribution in [0.15, 0.2) is 0 Å². The molecule has 0 aromatic rings. The molecule has 0 bridgehead atoms. The van der Waals surface area contributed by atoms with Crippen LogP contribution < -0.4 is 5.32 Å². The van der Waals surface area contributed by atoms with Crippen LogP contribution in [0.5, 0.6) is 0 Å². The molecule has 0 spiro atoms. The highest BCUT2D eigenvalue weighted by atomic mass is 16.5. The third-order valence-electron chi connectivity index (χ3n) is 5.91. The first-order chi connectivity index (χ1) is 9.61. The van der Waals surface area contributed by atoms with E-state index in [-0.39, 0.29) is 0 Å². The van der Waals surface area contributed by atoms with Crippen molar-refractivity contribution >= 4 is 0 Å². The van der Waals surface area contributed by atoms with Crippen LogP contribution in [0.25, 0.3) is 0 Å². The van der Waals surface area contributed by atoms with Gasteiger partial charge in [-0.1, -0.05) is 26.7 Å². The van der Waals surface area contributed by atoms with Crippen molar-refractivity contribution in [2.24, 2.45) is 5.41 Å². The average molecular weight is 282 g/mol. The molecule has 2 saturated carbocycles. The van der Waals surface area contributed by atoms with Crippen molar-refractivity contribution in [1.82, 2.24) is 10.2 Å². The topological polar surface area (TPSA) is 24.5 Å². The molecule has 20 heavy (non-hydrogen) atoms. The summed E-state index contributed by atoms with van der Waals surface area (Å²) in [5.74, 6) is 0. The molecule has 0 saturated heterocycles. The Morgan fingerprint density at radius 1 is 1.25 bits per heavy atom. The first kappa shape index (κ1) is 16.3. The molecule has 1 N–H and O–H groups in total. The lowest BCUT2D eigenvalue weighted by Gasteiger charge is -2.54. The van der Waals surface area contributed by atoms with Gasteiger partial charge in [0.1, 0.15) is 0 Å². The highest BCUT2D eigenvalue weighted by molar-refractivity contribution is 5.04. The van der Waals surface area contributed by atoms with Crippen molar-refractivity contribution in [3.05, 3.63) is 0 Å². The summed E-state index contributed by atoms with van der Waals surface area (Å²) in [6, 6.07) is 1.48. The predicted molar refractivity (Wildman–Crippen MR) is 85.1 cm³/mol. The lowest BCUT2D eigenvalue weighted by molar-refractivity contribution is -0.125. The van der Waals surface area contributed by atoms with E-state index in [0.717, 1.165) is 19.2 Å². The van der Waals surface area contributed by atoms with E-state index in [9.17, 15) is 0 Å². The van der Waals surface area contributed by atoms with E-state index in [1.54, 1.807) is 0 Å². The van der Waals surface area contributed by atoms with Gasteiger partial charge in [0.2, 0.25) is 0 Å². The second-order valence-corrected chi connectivity index (χ2v) is 6.96. The Morgan fingerprint density at radius 3 is 2.55 bits per heavy atom. The van der Waals surface area contributed by atoms with Gasteiger partial charge in [-0.25, -0.2) is 0 Å². The minimum Gasteiger partial charge on any atom is -0.378 e. The van der Waals surface area contributed by atoms with Crippen LogP contribution in [0, 0.1) is 5.41 Å². The lowest BCUT2D eigenvalue weighted by atomic mass is 9.61. The number of ether oxygens (including phenoxy) is 1. The van der Waals surface area contributed by atoms with Gasteiger partial charge in [0.05, 0.1) is 6.10 Å². The summed E-state index contributed by atoms with van der Waals surface area (Å²) in [5, 5.41) is 3.78. The second-order valence-electron chi connectivity index (χ2n) is 6.96. The molecule has 118 valence electrons. The fraction of sp³-hybridized carbons (Fsp3) is 1.00. The molecular formula is C17H34N2O. The number of nitrogens with one attached hydrogen (secondary N) is 1. The maximum Gasteiger partial charge on any atom is 0.0658 e. The van der Waals surface area contributed by atoms with E-state index in [1.165, 1.54) is 45.1 Å². The molecule has 3 atom stereocenters. The van der Waals surface area contributed by atoms with Crippen LogP contribution in [0.3, 0.4) is 0 Å². The zero-order chi connectivity index (χ0) is 14.6. The van der Waals surface area contributed by atoms with Crippen molar-refractivity contribution in [2.45, 2.75) is 77.5 Å². The monoisotopic (exact) mass is 282 g/mol. The quantitative estimate of drug-likeness (QED) is 0.740. The highest BCUT2D eigenvalue weighted by Crippen LogP contribution is 2.45. The van der Waals surface area contributed by atoms with E-state index in [4.69, 9.17) is 4.74 Å². The maximum atomic E-state index is 5.87. The fourth-order valence-corrected chi connectivity index (χ4v) is 4.01. The Labute approximate surface area is 125 Å². The molecule has 0 aromatic heterocycles. The first-order valence-electron chi connectivity index (χ1n) is 8.67. The number of nitrogens with zero attached hydrogens (tertiary/aromatic N) is 1. The number of rotatable bonds is 8. The zero-order valence-electron chi connectivity index (χ0n) is 14.0. The van der Waals surface area contributed by atoms with Crippen LogP contribution >= 0.6 is 0 Å². The summed E-state index contributed by atoms with van der Waals surface area (Å²) in [4.78, 5) is 2.56. The molecule has 2 rings (SSSR count). The second kappa shape index (κ2) is 7.24. The molecule has 3 unspecified atom stereocenters. The van der Waals surface area contributed by atoms with Crippen molar-refractivity contribution in [3.8, 4) is 0 Å². The van der Waals surface area contributed by atoms with Crippen LogP contribution in [-0.4, -0.2) is 49.8 Å². The summed E-state index contributed by atoms with van der Waals surface area (Å²) >= 11 is 0. The van der Waals surface area contributed by atoms with E-state index >= 15 is 0 Å².